The zero-order valence-corrected chi connectivity index (χ0v) is 12.7. The van der Waals surface area contributed by atoms with Gasteiger partial charge in [-0.15, -0.1) is 0 Å². The fraction of sp³-hybridized carbons (Fsp3) is 0.533. The monoisotopic (exact) mass is 282 g/mol. The number of hydrogen-bond acceptors (Lipinski definition) is 3. The highest BCUT2D eigenvalue weighted by molar-refractivity contribution is 6.30. The largest absolute Gasteiger partial charge is 0.458 e. The van der Waals surface area contributed by atoms with E-state index in [0.29, 0.717) is 5.02 Å². The number of hydrogen-bond donors (Lipinski definition) is 0. The maximum absolute atomic E-state index is 12.2. The summed E-state index contributed by atoms with van der Waals surface area (Å²) in [7, 11) is 0. The van der Waals surface area contributed by atoms with Crippen molar-refractivity contribution >= 4 is 17.6 Å². The normalized spacial score (nSPS) is 30.0. The molecule has 0 aromatic heterocycles. The van der Waals surface area contributed by atoms with Crippen molar-refractivity contribution < 1.29 is 14.3 Å². The molecule has 2 rings (SSSR count). The SMILES string of the molecule is CC(C)(C)OC(=O)C1(C)OC1(C)c1ccc(Cl)cc1. The summed E-state index contributed by atoms with van der Waals surface area (Å²) in [5, 5.41) is 0.659. The van der Waals surface area contributed by atoms with E-state index in [-0.39, 0.29) is 5.97 Å². The Morgan fingerprint density at radius 3 is 2.21 bits per heavy atom. The van der Waals surface area contributed by atoms with E-state index in [0.717, 1.165) is 5.56 Å². The summed E-state index contributed by atoms with van der Waals surface area (Å²) in [6.45, 7) is 9.18. The van der Waals surface area contributed by atoms with Crippen LogP contribution in [0.1, 0.15) is 40.2 Å². The average molecular weight is 283 g/mol. The summed E-state index contributed by atoms with van der Waals surface area (Å²) >= 11 is 5.87. The smallest absolute Gasteiger partial charge is 0.342 e. The number of esters is 1. The van der Waals surface area contributed by atoms with Crippen molar-refractivity contribution in [1.29, 1.82) is 0 Å². The van der Waals surface area contributed by atoms with Crippen molar-refractivity contribution in [1.82, 2.24) is 0 Å². The molecule has 2 unspecified atom stereocenters. The third-order valence-electron chi connectivity index (χ3n) is 3.46. The summed E-state index contributed by atoms with van der Waals surface area (Å²) < 4.78 is 11.1. The highest BCUT2D eigenvalue weighted by atomic mass is 35.5. The topological polar surface area (TPSA) is 38.8 Å². The van der Waals surface area contributed by atoms with Gasteiger partial charge in [0.2, 0.25) is 0 Å². The number of ether oxygens (including phenoxy) is 2. The van der Waals surface area contributed by atoms with Crippen molar-refractivity contribution in [3.8, 4) is 0 Å². The van der Waals surface area contributed by atoms with E-state index in [9.17, 15) is 4.79 Å². The van der Waals surface area contributed by atoms with Gasteiger partial charge in [-0.1, -0.05) is 23.7 Å². The van der Waals surface area contributed by atoms with Crippen LogP contribution in [0.2, 0.25) is 5.02 Å². The van der Waals surface area contributed by atoms with E-state index < -0.39 is 16.8 Å². The van der Waals surface area contributed by atoms with Gasteiger partial charge in [0.05, 0.1) is 0 Å². The highest BCUT2D eigenvalue weighted by Gasteiger charge is 2.71. The zero-order chi connectivity index (χ0) is 14.5. The first-order valence-corrected chi connectivity index (χ1v) is 6.66. The van der Waals surface area contributed by atoms with Gasteiger partial charge < -0.3 is 9.47 Å². The van der Waals surface area contributed by atoms with Crippen LogP contribution in [0.5, 0.6) is 0 Å². The fourth-order valence-electron chi connectivity index (χ4n) is 2.10. The van der Waals surface area contributed by atoms with Crippen molar-refractivity contribution in [2.24, 2.45) is 0 Å². The Morgan fingerprint density at radius 2 is 1.74 bits per heavy atom. The number of rotatable bonds is 2. The van der Waals surface area contributed by atoms with Crippen LogP contribution in [0.3, 0.4) is 0 Å². The van der Waals surface area contributed by atoms with E-state index in [2.05, 4.69) is 0 Å². The minimum Gasteiger partial charge on any atom is -0.458 e. The third kappa shape index (κ3) is 2.49. The summed E-state index contributed by atoms with van der Waals surface area (Å²) in [6.07, 6.45) is 0. The molecule has 104 valence electrons. The minimum atomic E-state index is -0.936. The van der Waals surface area contributed by atoms with Gasteiger partial charge in [-0.3, -0.25) is 0 Å². The second-order valence-corrected chi connectivity index (χ2v) is 6.61. The maximum Gasteiger partial charge on any atom is 0.342 e. The predicted molar refractivity (Wildman–Crippen MR) is 74.1 cm³/mol. The third-order valence-corrected chi connectivity index (χ3v) is 3.71. The zero-order valence-electron chi connectivity index (χ0n) is 11.9. The molecule has 1 saturated heterocycles. The van der Waals surface area contributed by atoms with Crippen LogP contribution in [-0.2, 0) is 19.9 Å². The Kier molecular flexibility index (Phi) is 3.19. The van der Waals surface area contributed by atoms with Crippen LogP contribution in [-0.4, -0.2) is 17.2 Å². The summed E-state index contributed by atoms with van der Waals surface area (Å²) in [4.78, 5) is 12.2. The lowest BCUT2D eigenvalue weighted by molar-refractivity contribution is -0.160. The first kappa shape index (κ1) is 14.4. The summed E-state index contributed by atoms with van der Waals surface area (Å²) in [6, 6.07) is 7.33. The molecule has 1 fully saturated rings. The lowest BCUT2D eigenvalue weighted by atomic mass is 9.89. The number of halogens is 1. The average Bonchev–Trinajstić information content (AvgIpc) is 2.83. The first-order valence-electron chi connectivity index (χ1n) is 6.28. The Labute approximate surface area is 118 Å². The first-order chi connectivity index (χ1) is 8.58. The molecular formula is C15H19ClO3. The highest BCUT2D eigenvalue weighted by Crippen LogP contribution is 2.56. The second-order valence-electron chi connectivity index (χ2n) is 6.18. The molecule has 1 aliphatic rings. The number of epoxide rings is 1. The number of benzene rings is 1. The van der Waals surface area contributed by atoms with Gasteiger partial charge in [0, 0.05) is 5.02 Å². The molecule has 0 saturated carbocycles. The maximum atomic E-state index is 12.2. The molecule has 0 N–H and O–H groups in total. The molecule has 4 heteroatoms. The van der Waals surface area contributed by atoms with Gasteiger partial charge in [0.15, 0.2) is 5.60 Å². The van der Waals surface area contributed by atoms with Crippen molar-refractivity contribution in [3.63, 3.8) is 0 Å². The van der Waals surface area contributed by atoms with E-state index in [4.69, 9.17) is 21.1 Å². The van der Waals surface area contributed by atoms with Crippen LogP contribution >= 0.6 is 11.6 Å². The van der Waals surface area contributed by atoms with Gasteiger partial charge >= 0.3 is 5.97 Å². The van der Waals surface area contributed by atoms with E-state index >= 15 is 0 Å². The molecule has 0 radical (unpaired) electrons. The predicted octanol–water partition coefficient (Wildman–Crippen LogP) is 3.69. The number of carbonyl (C=O) groups is 1. The minimum absolute atomic E-state index is 0.336. The summed E-state index contributed by atoms with van der Waals surface area (Å²) in [5.41, 5.74) is -1.19. The molecule has 19 heavy (non-hydrogen) atoms. The van der Waals surface area contributed by atoms with Crippen LogP contribution in [0.15, 0.2) is 24.3 Å². The van der Waals surface area contributed by atoms with Crippen molar-refractivity contribution in [3.05, 3.63) is 34.9 Å². The lowest BCUT2D eigenvalue weighted by Gasteiger charge is -2.22. The molecule has 1 aliphatic heterocycles. The second kappa shape index (κ2) is 4.22. The molecular weight excluding hydrogens is 264 g/mol. The van der Waals surface area contributed by atoms with Gasteiger partial charge in [0.1, 0.15) is 11.2 Å². The molecule has 0 bridgehead atoms. The van der Waals surface area contributed by atoms with Gasteiger partial charge in [-0.2, -0.15) is 0 Å². The van der Waals surface area contributed by atoms with E-state index in [1.165, 1.54) is 0 Å². The fourth-order valence-corrected chi connectivity index (χ4v) is 2.22. The molecule has 2 atom stereocenters. The Balaban J connectivity index is 2.21. The Morgan fingerprint density at radius 1 is 1.21 bits per heavy atom. The number of carbonyl (C=O) groups excluding carboxylic acids is 1. The van der Waals surface area contributed by atoms with E-state index in [1.807, 2.05) is 39.8 Å². The Hall–Kier alpha value is -1.06. The van der Waals surface area contributed by atoms with Crippen LogP contribution < -0.4 is 0 Å². The molecule has 1 aromatic carbocycles. The molecule has 3 nitrogen and oxygen atoms in total. The molecule has 0 aliphatic carbocycles. The Bertz CT molecular complexity index is 503. The lowest BCUT2D eigenvalue weighted by Crippen LogP contribution is -2.36. The molecule has 1 aromatic rings. The van der Waals surface area contributed by atoms with Crippen molar-refractivity contribution in [2.45, 2.75) is 51.4 Å². The molecule has 0 spiro atoms. The van der Waals surface area contributed by atoms with E-state index in [1.54, 1.807) is 19.1 Å². The van der Waals surface area contributed by atoms with Crippen LogP contribution in [0.4, 0.5) is 0 Å². The van der Waals surface area contributed by atoms with Gasteiger partial charge in [-0.25, -0.2) is 4.79 Å². The van der Waals surface area contributed by atoms with Crippen LogP contribution in [0.25, 0.3) is 0 Å². The summed E-state index contributed by atoms with van der Waals surface area (Å²) in [5.74, 6) is -0.336. The standard InChI is InChI=1S/C15H19ClO3/c1-13(2,3)18-12(17)15(5)14(4,19-15)10-6-8-11(16)9-7-10/h6-9H,1-5H3. The van der Waals surface area contributed by atoms with Crippen molar-refractivity contribution in [2.75, 3.05) is 0 Å². The molecule has 0 amide bonds. The van der Waals surface area contributed by atoms with Gasteiger partial charge in [-0.05, 0) is 52.3 Å². The quantitative estimate of drug-likeness (QED) is 0.613. The van der Waals surface area contributed by atoms with Crippen LogP contribution in [0, 0.1) is 0 Å². The van der Waals surface area contributed by atoms with Gasteiger partial charge in [0.25, 0.3) is 0 Å². The molecule has 1 heterocycles.